The van der Waals surface area contributed by atoms with E-state index in [-0.39, 0.29) is 6.17 Å². The van der Waals surface area contributed by atoms with Crippen LogP contribution in [0.3, 0.4) is 0 Å². The van der Waals surface area contributed by atoms with Crippen LogP contribution in [-0.2, 0) is 12.8 Å². The highest BCUT2D eigenvalue weighted by Gasteiger charge is 2.30. The van der Waals surface area contributed by atoms with Gasteiger partial charge in [0.1, 0.15) is 12.0 Å². The van der Waals surface area contributed by atoms with Gasteiger partial charge in [0.2, 0.25) is 5.96 Å². The molecule has 3 N–H and O–H groups in total. The molecular formula is C29H37N7. The third-order valence-corrected chi connectivity index (χ3v) is 7.39. The molecule has 2 aromatic rings. The lowest BCUT2D eigenvalue weighted by molar-refractivity contribution is 0.112. The summed E-state index contributed by atoms with van der Waals surface area (Å²) in [4.78, 5) is 11.7. The first kappa shape index (κ1) is 24.4. The number of amidine groups is 1. The van der Waals surface area contributed by atoms with E-state index < -0.39 is 0 Å². The van der Waals surface area contributed by atoms with E-state index in [0.717, 1.165) is 57.4 Å². The number of benzene rings is 2. The van der Waals surface area contributed by atoms with Crippen molar-refractivity contribution < 1.29 is 0 Å². The van der Waals surface area contributed by atoms with Crippen LogP contribution < -0.4 is 11.3 Å². The Morgan fingerprint density at radius 2 is 1.56 bits per heavy atom. The lowest BCUT2D eigenvalue weighted by Gasteiger charge is -2.41. The van der Waals surface area contributed by atoms with E-state index in [4.69, 9.17) is 10.8 Å². The second-order valence-corrected chi connectivity index (χ2v) is 9.65. The molecule has 2 aromatic carbocycles. The van der Waals surface area contributed by atoms with Crippen LogP contribution in [0.5, 0.6) is 0 Å². The summed E-state index contributed by atoms with van der Waals surface area (Å²) >= 11 is 0. The molecule has 1 fully saturated rings. The zero-order valence-corrected chi connectivity index (χ0v) is 21.0. The predicted molar refractivity (Wildman–Crippen MR) is 148 cm³/mol. The van der Waals surface area contributed by atoms with E-state index in [1.54, 1.807) is 5.01 Å². The number of rotatable bonds is 7. The molecule has 0 radical (unpaired) electrons. The Labute approximate surface area is 214 Å². The fourth-order valence-electron chi connectivity index (χ4n) is 5.49. The highest BCUT2D eigenvalue weighted by atomic mass is 15.6. The summed E-state index contributed by atoms with van der Waals surface area (Å²) in [6, 6.07) is 17.9. The van der Waals surface area contributed by atoms with Gasteiger partial charge in [-0.2, -0.15) is 4.99 Å². The summed E-state index contributed by atoms with van der Waals surface area (Å²) in [5.41, 5.74) is 9.60. The number of guanidine groups is 1. The molecule has 1 unspecified atom stereocenters. The minimum Gasteiger partial charge on any atom is -0.339 e. The molecular weight excluding hydrogens is 446 g/mol. The van der Waals surface area contributed by atoms with Gasteiger partial charge in [-0.05, 0) is 35.1 Å². The lowest BCUT2D eigenvalue weighted by atomic mass is 9.88. The molecule has 0 saturated carbocycles. The number of nitrogens with zero attached hydrogens (tertiary/aromatic N) is 5. The van der Waals surface area contributed by atoms with Crippen LogP contribution in [0, 0.1) is 0 Å². The van der Waals surface area contributed by atoms with Crippen LogP contribution in [0.4, 0.5) is 0 Å². The van der Waals surface area contributed by atoms with E-state index in [1.807, 2.05) is 12.2 Å². The smallest absolute Gasteiger partial charge is 0.219 e. The molecule has 0 aromatic heterocycles. The Morgan fingerprint density at radius 1 is 0.917 bits per heavy atom. The molecule has 5 rings (SSSR count). The fraction of sp³-hybridized carbons (Fsp3) is 0.379. The molecule has 2 aliphatic heterocycles. The topological polar surface area (TPSA) is 72.5 Å². The van der Waals surface area contributed by atoms with Crippen molar-refractivity contribution in [1.82, 2.24) is 20.3 Å². The molecule has 36 heavy (non-hydrogen) atoms. The molecule has 7 nitrogen and oxygen atoms in total. The van der Waals surface area contributed by atoms with Crippen LogP contribution in [0.25, 0.3) is 0 Å². The van der Waals surface area contributed by atoms with Crippen LogP contribution >= 0.6 is 0 Å². The van der Waals surface area contributed by atoms with Gasteiger partial charge in [0, 0.05) is 51.5 Å². The lowest BCUT2D eigenvalue weighted by Crippen LogP contribution is -2.60. The molecule has 1 atom stereocenters. The number of aryl methyl sites for hydroxylation is 2. The first-order chi connectivity index (χ1) is 17.7. The summed E-state index contributed by atoms with van der Waals surface area (Å²) in [6.45, 7) is 12.1. The number of hydrogen-bond donors (Lipinski definition) is 2. The van der Waals surface area contributed by atoms with Crippen LogP contribution in [0.1, 0.15) is 41.0 Å². The maximum absolute atomic E-state index is 6.45. The number of hydrogen-bond acceptors (Lipinski definition) is 7. The predicted octanol–water partition coefficient (Wildman–Crippen LogP) is 3.46. The Balaban J connectivity index is 1.25. The van der Waals surface area contributed by atoms with Gasteiger partial charge >= 0.3 is 0 Å². The van der Waals surface area contributed by atoms with Gasteiger partial charge < -0.3 is 4.90 Å². The zero-order valence-electron chi connectivity index (χ0n) is 21.0. The molecule has 2 heterocycles. The van der Waals surface area contributed by atoms with Crippen molar-refractivity contribution in [3.63, 3.8) is 0 Å². The fourth-order valence-corrected chi connectivity index (χ4v) is 5.49. The first-order valence-corrected chi connectivity index (χ1v) is 13.0. The van der Waals surface area contributed by atoms with Crippen LogP contribution in [-0.4, -0.2) is 65.6 Å². The van der Waals surface area contributed by atoms with Crippen molar-refractivity contribution in [3.05, 3.63) is 96.1 Å². The Bertz CT molecular complexity index is 1100. The molecule has 1 aliphatic carbocycles. The summed E-state index contributed by atoms with van der Waals surface area (Å²) in [5.74, 6) is 8.36. The normalized spacial score (nSPS) is 20.6. The summed E-state index contributed by atoms with van der Waals surface area (Å²) < 4.78 is 0. The molecule has 7 heteroatoms. The SMILES string of the molecule is C=CCC1=NC(CC=C)N(N)C(N2CCN(NCC3c4ccccc4CCc4ccccc43)CC2)=N1. The first-order valence-electron chi connectivity index (χ1n) is 13.0. The van der Waals surface area contributed by atoms with E-state index >= 15 is 0 Å². The van der Waals surface area contributed by atoms with Gasteiger partial charge in [-0.1, -0.05) is 60.7 Å². The minimum absolute atomic E-state index is 0.170. The Hall–Kier alpha value is -3.26. The summed E-state index contributed by atoms with van der Waals surface area (Å²) in [7, 11) is 0. The number of nitrogens with two attached hydrogens (primary N) is 1. The van der Waals surface area contributed by atoms with Crippen molar-refractivity contribution in [2.24, 2.45) is 15.8 Å². The van der Waals surface area contributed by atoms with Gasteiger partial charge in [0.25, 0.3) is 0 Å². The van der Waals surface area contributed by atoms with Crippen molar-refractivity contribution in [3.8, 4) is 0 Å². The highest BCUT2D eigenvalue weighted by Crippen LogP contribution is 2.33. The maximum Gasteiger partial charge on any atom is 0.219 e. The molecule has 0 spiro atoms. The standard InChI is InChI=1S/C29H37N7/c1-3-9-27-32-28(10-4-2)36(30)29(33-27)34-17-19-35(20-18-34)31-21-26-24-13-7-5-11-22(24)15-16-23-12-6-8-14-25(23)26/h3-8,11-14,26,28,31H,1-2,9-10,15-21,30H2. The number of fused-ring (bicyclic) bond motifs is 2. The minimum atomic E-state index is -0.170. The van der Waals surface area contributed by atoms with Crippen LogP contribution in [0.2, 0.25) is 0 Å². The van der Waals surface area contributed by atoms with Crippen molar-refractivity contribution in [2.75, 3.05) is 32.7 Å². The van der Waals surface area contributed by atoms with Gasteiger partial charge in [-0.3, -0.25) is 10.4 Å². The van der Waals surface area contributed by atoms with Crippen molar-refractivity contribution >= 4 is 11.8 Å². The largest absolute Gasteiger partial charge is 0.339 e. The van der Waals surface area contributed by atoms with Gasteiger partial charge in [0.05, 0.1) is 0 Å². The van der Waals surface area contributed by atoms with Gasteiger partial charge in [-0.25, -0.2) is 15.8 Å². The third kappa shape index (κ3) is 5.14. The summed E-state index contributed by atoms with van der Waals surface area (Å²) in [6.07, 6.45) is 7.04. The van der Waals surface area contributed by atoms with Crippen molar-refractivity contribution in [2.45, 2.75) is 37.8 Å². The molecule has 1 saturated heterocycles. The highest BCUT2D eigenvalue weighted by molar-refractivity contribution is 5.98. The Morgan fingerprint density at radius 3 is 2.17 bits per heavy atom. The number of aliphatic imine (C=N–C) groups is 2. The molecule has 188 valence electrons. The second kappa shape index (κ2) is 11.2. The number of nitrogens with one attached hydrogen (secondary N) is 1. The van der Waals surface area contributed by atoms with E-state index in [9.17, 15) is 0 Å². The number of hydrazine groups is 2. The van der Waals surface area contributed by atoms with Gasteiger partial charge in [-0.15, -0.1) is 13.2 Å². The Kier molecular flexibility index (Phi) is 7.60. The third-order valence-electron chi connectivity index (χ3n) is 7.39. The van der Waals surface area contributed by atoms with Crippen molar-refractivity contribution in [1.29, 1.82) is 0 Å². The monoisotopic (exact) mass is 483 g/mol. The average molecular weight is 484 g/mol. The second-order valence-electron chi connectivity index (χ2n) is 9.65. The molecule has 3 aliphatic rings. The average Bonchev–Trinajstić information content (AvgIpc) is 3.07. The number of piperazine rings is 1. The zero-order chi connectivity index (χ0) is 24.9. The maximum atomic E-state index is 6.45. The quantitative estimate of drug-likeness (QED) is 0.466. The van der Waals surface area contributed by atoms with E-state index in [0.29, 0.717) is 18.8 Å². The molecule has 0 amide bonds. The van der Waals surface area contributed by atoms with Gasteiger partial charge in [0.15, 0.2) is 0 Å². The summed E-state index contributed by atoms with van der Waals surface area (Å²) in [5, 5.41) is 4.04. The van der Waals surface area contributed by atoms with E-state index in [2.05, 4.69) is 82.0 Å². The van der Waals surface area contributed by atoms with E-state index in [1.165, 1.54) is 22.3 Å². The van der Waals surface area contributed by atoms with Crippen LogP contribution in [0.15, 0.2) is 83.8 Å². The molecule has 0 bridgehead atoms.